The number of carbonyl (C=O) groups excluding carboxylic acids is 1. The van der Waals surface area contributed by atoms with E-state index < -0.39 is 0 Å². The van der Waals surface area contributed by atoms with Gasteiger partial charge in [-0.25, -0.2) is 4.79 Å². The number of hydrogen-bond acceptors (Lipinski definition) is 5. The maximum atomic E-state index is 12.3. The number of ether oxygens (including phenoxy) is 2. The monoisotopic (exact) mass is 306 g/mol. The molecule has 2 N–H and O–H groups in total. The third-order valence-electron chi connectivity index (χ3n) is 3.83. The molecule has 1 aliphatic rings. The van der Waals surface area contributed by atoms with Crippen LogP contribution in [0.1, 0.15) is 34.1 Å². The lowest BCUT2D eigenvalue weighted by atomic mass is 10.1. The standard InChI is InChI=1S/C17H26N2O3/c1-5-13-9-19(12(4)17(20)21-10-11(2)3)16-14(18)7-6-8-15(16)22-13/h6-8,11-13H,5,9-10,18H2,1-4H3. The molecule has 22 heavy (non-hydrogen) atoms. The summed E-state index contributed by atoms with van der Waals surface area (Å²) in [6.07, 6.45) is 0.924. The highest BCUT2D eigenvalue weighted by atomic mass is 16.5. The van der Waals surface area contributed by atoms with Gasteiger partial charge in [-0.2, -0.15) is 0 Å². The van der Waals surface area contributed by atoms with E-state index in [4.69, 9.17) is 15.2 Å². The molecule has 1 aromatic rings. The van der Waals surface area contributed by atoms with Crippen LogP contribution in [0.15, 0.2) is 18.2 Å². The van der Waals surface area contributed by atoms with Gasteiger partial charge in [-0.05, 0) is 31.4 Å². The lowest BCUT2D eigenvalue weighted by Crippen LogP contribution is -2.48. The number of esters is 1. The molecule has 1 heterocycles. The molecule has 5 heteroatoms. The van der Waals surface area contributed by atoms with Crippen LogP contribution >= 0.6 is 0 Å². The highest BCUT2D eigenvalue weighted by molar-refractivity contribution is 5.85. The topological polar surface area (TPSA) is 64.8 Å². The third-order valence-corrected chi connectivity index (χ3v) is 3.83. The minimum Gasteiger partial charge on any atom is -0.486 e. The second kappa shape index (κ2) is 6.90. The average Bonchev–Trinajstić information content (AvgIpc) is 2.50. The number of para-hydroxylation sites is 1. The Morgan fingerprint density at radius 2 is 2.18 bits per heavy atom. The molecule has 0 bridgehead atoms. The zero-order valence-corrected chi connectivity index (χ0v) is 13.8. The largest absolute Gasteiger partial charge is 0.486 e. The lowest BCUT2D eigenvalue weighted by molar-refractivity contribution is -0.146. The minimum absolute atomic E-state index is 0.0506. The highest BCUT2D eigenvalue weighted by Crippen LogP contribution is 2.39. The summed E-state index contributed by atoms with van der Waals surface area (Å²) in [7, 11) is 0. The molecular formula is C17H26N2O3. The van der Waals surface area contributed by atoms with E-state index in [2.05, 4.69) is 6.92 Å². The van der Waals surface area contributed by atoms with E-state index in [9.17, 15) is 4.79 Å². The molecule has 0 fully saturated rings. The Morgan fingerprint density at radius 1 is 1.45 bits per heavy atom. The zero-order chi connectivity index (χ0) is 16.3. The Morgan fingerprint density at radius 3 is 2.82 bits per heavy atom. The fourth-order valence-corrected chi connectivity index (χ4v) is 2.53. The van der Waals surface area contributed by atoms with E-state index in [0.717, 1.165) is 17.9 Å². The number of benzene rings is 1. The third kappa shape index (κ3) is 3.46. The Hall–Kier alpha value is -1.91. The van der Waals surface area contributed by atoms with Crippen LogP contribution in [0.3, 0.4) is 0 Å². The summed E-state index contributed by atoms with van der Waals surface area (Å²) >= 11 is 0. The van der Waals surface area contributed by atoms with Crippen LogP contribution in [-0.2, 0) is 9.53 Å². The number of rotatable bonds is 5. The maximum absolute atomic E-state index is 12.3. The molecule has 2 unspecified atom stereocenters. The summed E-state index contributed by atoms with van der Waals surface area (Å²) in [6.45, 7) is 9.04. The molecule has 0 radical (unpaired) electrons. The van der Waals surface area contributed by atoms with Crippen molar-refractivity contribution in [3.8, 4) is 5.75 Å². The molecule has 122 valence electrons. The molecule has 1 aliphatic heterocycles. The van der Waals surface area contributed by atoms with Gasteiger partial charge in [0.2, 0.25) is 0 Å². The number of carbonyl (C=O) groups is 1. The summed E-state index contributed by atoms with van der Waals surface area (Å²) in [5.41, 5.74) is 7.52. The Balaban J connectivity index is 2.24. The number of anilines is 2. The predicted molar refractivity (Wildman–Crippen MR) is 88.2 cm³/mol. The van der Waals surface area contributed by atoms with Crippen molar-refractivity contribution >= 4 is 17.3 Å². The van der Waals surface area contributed by atoms with Crippen molar-refractivity contribution in [2.45, 2.75) is 46.3 Å². The number of nitrogens with two attached hydrogens (primary N) is 1. The van der Waals surface area contributed by atoms with Crippen molar-refractivity contribution in [1.82, 2.24) is 0 Å². The van der Waals surface area contributed by atoms with Gasteiger partial charge >= 0.3 is 5.97 Å². The first kappa shape index (κ1) is 16.5. The summed E-state index contributed by atoms with van der Waals surface area (Å²) in [4.78, 5) is 14.3. The van der Waals surface area contributed by atoms with E-state index in [1.54, 1.807) is 0 Å². The smallest absolute Gasteiger partial charge is 0.328 e. The summed E-state index contributed by atoms with van der Waals surface area (Å²) in [5.74, 6) is 0.836. The van der Waals surface area contributed by atoms with E-state index in [-0.39, 0.29) is 18.1 Å². The molecule has 0 aliphatic carbocycles. The molecule has 0 saturated carbocycles. The molecule has 0 spiro atoms. The molecule has 2 rings (SSSR count). The fourth-order valence-electron chi connectivity index (χ4n) is 2.53. The van der Waals surface area contributed by atoms with Crippen molar-refractivity contribution in [1.29, 1.82) is 0 Å². The minimum atomic E-state index is -0.389. The number of nitrogens with zero attached hydrogens (tertiary/aromatic N) is 1. The first-order chi connectivity index (χ1) is 10.4. The van der Waals surface area contributed by atoms with Crippen LogP contribution in [0.4, 0.5) is 11.4 Å². The Bertz CT molecular complexity index is 531. The van der Waals surface area contributed by atoms with Gasteiger partial charge in [-0.1, -0.05) is 26.8 Å². The number of hydrogen-bond donors (Lipinski definition) is 1. The van der Waals surface area contributed by atoms with E-state index in [1.165, 1.54) is 0 Å². The molecule has 0 saturated heterocycles. The van der Waals surface area contributed by atoms with Crippen LogP contribution in [0.5, 0.6) is 5.75 Å². The number of nitrogen functional groups attached to an aromatic ring is 1. The Labute approximate surface area is 132 Å². The number of fused-ring (bicyclic) bond motifs is 1. The van der Waals surface area contributed by atoms with Gasteiger partial charge in [-0.3, -0.25) is 0 Å². The van der Waals surface area contributed by atoms with Gasteiger partial charge < -0.3 is 20.1 Å². The van der Waals surface area contributed by atoms with E-state index in [0.29, 0.717) is 24.8 Å². The fraction of sp³-hybridized carbons (Fsp3) is 0.588. The normalized spacial score (nSPS) is 18.6. The molecule has 1 aromatic carbocycles. The van der Waals surface area contributed by atoms with Crippen molar-refractivity contribution < 1.29 is 14.3 Å². The molecular weight excluding hydrogens is 280 g/mol. The predicted octanol–water partition coefficient (Wildman–Crippen LogP) is 2.83. The van der Waals surface area contributed by atoms with Crippen LogP contribution in [0.25, 0.3) is 0 Å². The van der Waals surface area contributed by atoms with Gasteiger partial charge in [0.1, 0.15) is 23.6 Å². The van der Waals surface area contributed by atoms with Crippen molar-refractivity contribution in [2.75, 3.05) is 23.8 Å². The van der Waals surface area contributed by atoms with Crippen LogP contribution < -0.4 is 15.4 Å². The van der Waals surface area contributed by atoms with Crippen molar-refractivity contribution in [3.05, 3.63) is 18.2 Å². The Kier molecular flexibility index (Phi) is 5.16. The average molecular weight is 306 g/mol. The maximum Gasteiger partial charge on any atom is 0.328 e. The van der Waals surface area contributed by atoms with Crippen molar-refractivity contribution in [3.63, 3.8) is 0 Å². The molecule has 0 amide bonds. The van der Waals surface area contributed by atoms with Gasteiger partial charge in [0.05, 0.1) is 18.8 Å². The first-order valence-corrected chi connectivity index (χ1v) is 7.92. The highest BCUT2D eigenvalue weighted by Gasteiger charge is 2.33. The summed E-state index contributed by atoms with van der Waals surface area (Å²) < 4.78 is 11.3. The van der Waals surface area contributed by atoms with Crippen LogP contribution in [0.2, 0.25) is 0 Å². The van der Waals surface area contributed by atoms with Gasteiger partial charge in [0.25, 0.3) is 0 Å². The molecule has 0 aromatic heterocycles. The van der Waals surface area contributed by atoms with Crippen molar-refractivity contribution in [2.24, 2.45) is 5.92 Å². The van der Waals surface area contributed by atoms with E-state index >= 15 is 0 Å². The zero-order valence-electron chi connectivity index (χ0n) is 13.8. The molecule has 2 atom stereocenters. The second-order valence-electron chi connectivity index (χ2n) is 6.19. The van der Waals surface area contributed by atoms with Gasteiger partial charge in [0.15, 0.2) is 0 Å². The van der Waals surface area contributed by atoms with Crippen LogP contribution in [0, 0.1) is 5.92 Å². The molecule has 5 nitrogen and oxygen atoms in total. The quantitative estimate of drug-likeness (QED) is 0.669. The summed E-state index contributed by atoms with van der Waals surface area (Å²) in [6, 6.07) is 5.20. The van der Waals surface area contributed by atoms with Gasteiger partial charge in [0, 0.05) is 0 Å². The van der Waals surface area contributed by atoms with Crippen LogP contribution in [-0.4, -0.2) is 31.3 Å². The van der Waals surface area contributed by atoms with Gasteiger partial charge in [-0.15, -0.1) is 0 Å². The lowest BCUT2D eigenvalue weighted by Gasteiger charge is -2.39. The SMILES string of the molecule is CCC1CN(C(C)C(=O)OCC(C)C)c2c(N)cccc2O1. The first-order valence-electron chi connectivity index (χ1n) is 7.92. The summed E-state index contributed by atoms with van der Waals surface area (Å²) in [5, 5.41) is 0. The second-order valence-corrected chi connectivity index (χ2v) is 6.19. The van der Waals surface area contributed by atoms with E-state index in [1.807, 2.05) is 43.9 Å².